The Morgan fingerprint density at radius 1 is 1.71 bits per heavy atom. The summed E-state index contributed by atoms with van der Waals surface area (Å²) in [5, 5.41) is 9.46. The molecule has 1 fully saturated rings. The Balaban J connectivity index is 2.02. The average Bonchev–Trinajstić information content (AvgIpc) is 2.64. The van der Waals surface area contributed by atoms with Gasteiger partial charge in [0.1, 0.15) is 6.17 Å². The van der Waals surface area contributed by atoms with Gasteiger partial charge in [0.25, 0.3) is 0 Å². The molecule has 0 spiro atoms. The minimum Gasteiger partial charge on any atom is -0.449 e. The highest BCUT2D eigenvalue weighted by Gasteiger charge is 2.27. The van der Waals surface area contributed by atoms with E-state index in [0.29, 0.717) is 13.3 Å². The predicted octanol–water partition coefficient (Wildman–Crippen LogP) is -0.677. The molecule has 6 heteroatoms. The molecule has 0 bridgehead atoms. The van der Waals surface area contributed by atoms with E-state index in [4.69, 9.17) is 4.74 Å². The Morgan fingerprint density at radius 2 is 2.57 bits per heavy atom. The van der Waals surface area contributed by atoms with Crippen molar-refractivity contribution < 1.29 is 9.53 Å². The number of amides is 1. The molecule has 0 aromatic carbocycles. The largest absolute Gasteiger partial charge is 0.449 e. The Morgan fingerprint density at radius 3 is 3.36 bits per heavy atom. The van der Waals surface area contributed by atoms with Crippen LogP contribution in [0, 0.1) is 0 Å². The summed E-state index contributed by atoms with van der Waals surface area (Å²) in [6.07, 6.45) is 1.60. The van der Waals surface area contributed by atoms with Crippen LogP contribution in [0.3, 0.4) is 0 Å². The molecule has 0 aromatic rings. The maximum Gasteiger partial charge on any atom is 0.414 e. The number of hydrogen-bond acceptors (Lipinski definition) is 5. The van der Waals surface area contributed by atoms with Gasteiger partial charge in [-0.1, -0.05) is 0 Å². The molecule has 3 N–H and O–H groups in total. The zero-order valence-corrected chi connectivity index (χ0v) is 8.04. The second kappa shape index (κ2) is 3.85. The predicted molar refractivity (Wildman–Crippen MR) is 49.9 cm³/mol. The molecular formula is C8H14N4O2. The number of nitrogens with zero attached hydrogens (tertiary/aromatic N) is 1. The summed E-state index contributed by atoms with van der Waals surface area (Å²) in [6.45, 7) is 3.38. The lowest BCUT2D eigenvalue weighted by atomic mass is 10.3. The Labute approximate surface area is 82.3 Å². The van der Waals surface area contributed by atoms with Crippen molar-refractivity contribution in [2.45, 2.75) is 13.1 Å². The van der Waals surface area contributed by atoms with Gasteiger partial charge in [-0.2, -0.15) is 0 Å². The van der Waals surface area contributed by atoms with Crippen molar-refractivity contribution in [2.75, 3.05) is 19.9 Å². The van der Waals surface area contributed by atoms with Gasteiger partial charge in [-0.3, -0.25) is 15.5 Å². The molecule has 6 nitrogen and oxygen atoms in total. The summed E-state index contributed by atoms with van der Waals surface area (Å²) < 4.78 is 4.88. The molecule has 1 saturated heterocycles. The Hall–Kier alpha value is -1.27. The SMILES string of the molecule is CCOC(=O)N1C=C2NCNC2NC1. The number of carbonyl (C=O) groups is 1. The normalized spacial score (nSPS) is 25.1. The molecule has 1 atom stereocenters. The minimum atomic E-state index is -0.320. The van der Waals surface area contributed by atoms with Crippen LogP contribution in [-0.2, 0) is 4.74 Å². The van der Waals surface area contributed by atoms with Crippen LogP contribution >= 0.6 is 0 Å². The molecule has 78 valence electrons. The van der Waals surface area contributed by atoms with Crippen molar-refractivity contribution in [3.8, 4) is 0 Å². The van der Waals surface area contributed by atoms with E-state index >= 15 is 0 Å². The van der Waals surface area contributed by atoms with Crippen molar-refractivity contribution in [2.24, 2.45) is 0 Å². The van der Waals surface area contributed by atoms with Gasteiger partial charge >= 0.3 is 6.09 Å². The fourth-order valence-corrected chi connectivity index (χ4v) is 1.50. The molecule has 1 unspecified atom stereocenters. The molecular weight excluding hydrogens is 184 g/mol. The van der Waals surface area contributed by atoms with Crippen LogP contribution < -0.4 is 16.0 Å². The first-order valence-electron chi connectivity index (χ1n) is 4.67. The van der Waals surface area contributed by atoms with Gasteiger partial charge < -0.3 is 10.1 Å². The van der Waals surface area contributed by atoms with Gasteiger partial charge in [0, 0.05) is 6.20 Å². The fourth-order valence-electron chi connectivity index (χ4n) is 1.50. The number of rotatable bonds is 1. The van der Waals surface area contributed by atoms with Crippen LogP contribution in [0.5, 0.6) is 0 Å². The van der Waals surface area contributed by atoms with Crippen LogP contribution in [-0.4, -0.2) is 37.1 Å². The quantitative estimate of drug-likeness (QED) is 0.521. The first-order chi connectivity index (χ1) is 6.81. The summed E-state index contributed by atoms with van der Waals surface area (Å²) in [4.78, 5) is 12.9. The van der Waals surface area contributed by atoms with Gasteiger partial charge in [0.05, 0.1) is 25.6 Å². The van der Waals surface area contributed by atoms with Crippen molar-refractivity contribution in [1.29, 1.82) is 0 Å². The molecule has 0 radical (unpaired) electrons. The summed E-state index contributed by atoms with van der Waals surface area (Å²) in [5.41, 5.74) is 0.976. The maximum atomic E-state index is 11.4. The molecule has 0 aliphatic carbocycles. The van der Waals surface area contributed by atoms with E-state index < -0.39 is 0 Å². The molecule has 0 aromatic heterocycles. The second-order valence-corrected chi connectivity index (χ2v) is 3.11. The molecule has 2 aliphatic heterocycles. The van der Waals surface area contributed by atoms with E-state index in [1.165, 1.54) is 4.90 Å². The topological polar surface area (TPSA) is 65.6 Å². The van der Waals surface area contributed by atoms with Crippen molar-refractivity contribution in [3.05, 3.63) is 11.9 Å². The standard InChI is InChI=1S/C8H14N4O2/c1-2-14-8(13)12-3-6-7(11-5-12)10-4-9-6/h3,7,9-11H,2,4-5H2,1H3. The number of ether oxygens (including phenoxy) is 1. The zero-order valence-electron chi connectivity index (χ0n) is 8.04. The third-order valence-corrected chi connectivity index (χ3v) is 2.17. The number of carbonyl (C=O) groups excluding carboxylic acids is 1. The zero-order chi connectivity index (χ0) is 9.97. The smallest absolute Gasteiger partial charge is 0.414 e. The third-order valence-electron chi connectivity index (χ3n) is 2.17. The Bertz CT molecular complexity index is 266. The number of fused-ring (bicyclic) bond motifs is 1. The molecule has 2 aliphatic rings. The molecule has 14 heavy (non-hydrogen) atoms. The van der Waals surface area contributed by atoms with Gasteiger partial charge in [-0.25, -0.2) is 4.79 Å². The molecule has 2 heterocycles. The summed E-state index contributed by atoms with van der Waals surface area (Å²) >= 11 is 0. The minimum absolute atomic E-state index is 0.140. The van der Waals surface area contributed by atoms with Crippen LogP contribution in [0.2, 0.25) is 0 Å². The monoisotopic (exact) mass is 198 g/mol. The van der Waals surface area contributed by atoms with E-state index in [1.54, 1.807) is 13.1 Å². The number of nitrogens with one attached hydrogen (secondary N) is 3. The first-order valence-corrected chi connectivity index (χ1v) is 4.67. The van der Waals surface area contributed by atoms with Gasteiger partial charge in [-0.15, -0.1) is 0 Å². The summed E-state index contributed by atoms with van der Waals surface area (Å²) in [5.74, 6) is 0. The third kappa shape index (κ3) is 1.66. The van der Waals surface area contributed by atoms with Crippen LogP contribution in [0.15, 0.2) is 11.9 Å². The van der Waals surface area contributed by atoms with Crippen molar-refractivity contribution >= 4 is 6.09 Å². The summed E-state index contributed by atoms with van der Waals surface area (Å²) in [7, 11) is 0. The van der Waals surface area contributed by atoms with Crippen molar-refractivity contribution in [3.63, 3.8) is 0 Å². The molecule has 0 saturated carbocycles. The second-order valence-electron chi connectivity index (χ2n) is 3.11. The lowest BCUT2D eigenvalue weighted by molar-refractivity contribution is 0.116. The van der Waals surface area contributed by atoms with Crippen LogP contribution in [0.4, 0.5) is 4.79 Å². The van der Waals surface area contributed by atoms with E-state index in [1.807, 2.05) is 0 Å². The van der Waals surface area contributed by atoms with Crippen molar-refractivity contribution in [1.82, 2.24) is 20.9 Å². The van der Waals surface area contributed by atoms with E-state index in [9.17, 15) is 4.79 Å². The average molecular weight is 198 g/mol. The lowest BCUT2D eigenvalue weighted by Crippen LogP contribution is -2.49. The van der Waals surface area contributed by atoms with E-state index in [2.05, 4.69) is 16.0 Å². The van der Waals surface area contributed by atoms with Crippen LogP contribution in [0.25, 0.3) is 0 Å². The number of hydrogen-bond donors (Lipinski definition) is 3. The van der Waals surface area contributed by atoms with Gasteiger partial charge in [0.2, 0.25) is 0 Å². The lowest BCUT2D eigenvalue weighted by Gasteiger charge is -2.27. The Kier molecular flexibility index (Phi) is 2.55. The van der Waals surface area contributed by atoms with E-state index in [-0.39, 0.29) is 12.3 Å². The highest BCUT2D eigenvalue weighted by Crippen LogP contribution is 2.09. The first kappa shape index (κ1) is 9.29. The fraction of sp³-hybridized carbons (Fsp3) is 0.625. The summed E-state index contributed by atoms with van der Waals surface area (Å²) in [6, 6.07) is 0. The molecule has 1 amide bonds. The van der Waals surface area contributed by atoms with Gasteiger partial charge in [-0.05, 0) is 6.92 Å². The highest BCUT2D eigenvalue weighted by molar-refractivity contribution is 5.69. The van der Waals surface area contributed by atoms with E-state index in [0.717, 1.165) is 12.4 Å². The highest BCUT2D eigenvalue weighted by atomic mass is 16.6. The molecule has 2 rings (SSSR count). The van der Waals surface area contributed by atoms with Gasteiger partial charge in [0.15, 0.2) is 0 Å². The van der Waals surface area contributed by atoms with Crippen LogP contribution in [0.1, 0.15) is 6.92 Å². The maximum absolute atomic E-state index is 11.4.